The fourth-order valence-electron chi connectivity index (χ4n) is 1.98. The van der Waals surface area contributed by atoms with E-state index in [4.69, 9.17) is 0 Å². The van der Waals surface area contributed by atoms with Gasteiger partial charge in [0, 0.05) is 0 Å². The van der Waals surface area contributed by atoms with Crippen LogP contribution in [0.1, 0.15) is 5.56 Å². The number of carbonyl (C=O) groups is 2. The van der Waals surface area contributed by atoms with Crippen LogP contribution in [0.4, 0.5) is 22.0 Å². The molecular weight excluding hydrogens is 329 g/mol. The van der Waals surface area contributed by atoms with E-state index in [2.05, 4.69) is 4.74 Å². The van der Waals surface area contributed by atoms with E-state index < -0.39 is 35.3 Å². The van der Waals surface area contributed by atoms with Crippen LogP contribution in [0.2, 0.25) is 0 Å². The minimum absolute atomic E-state index is 0.290. The van der Waals surface area contributed by atoms with Crippen molar-refractivity contribution in [1.82, 2.24) is 5.32 Å². The van der Waals surface area contributed by atoms with E-state index >= 15 is 0 Å². The molecule has 2 unspecified atom stereocenters. The summed E-state index contributed by atoms with van der Waals surface area (Å²) in [6, 6.07) is 2.31. The molecule has 1 aromatic rings. The van der Waals surface area contributed by atoms with E-state index in [-0.39, 0.29) is 6.41 Å². The van der Waals surface area contributed by atoms with Crippen LogP contribution in [0.15, 0.2) is 30.3 Å². The monoisotopic (exact) mass is 341 g/mol. The van der Waals surface area contributed by atoms with Gasteiger partial charge in [0.1, 0.15) is 0 Å². The molecule has 0 radical (unpaired) electrons. The Morgan fingerprint density at radius 2 is 1.74 bits per heavy atom. The Morgan fingerprint density at radius 3 is 2.13 bits per heavy atom. The molecule has 0 aliphatic carbocycles. The Kier molecular flexibility index (Phi) is 5.31. The first-order chi connectivity index (χ1) is 10.5. The number of amides is 1. The summed E-state index contributed by atoms with van der Waals surface area (Å²) in [4.78, 5) is 22.1. The molecule has 2 atom stereocenters. The highest BCUT2D eigenvalue weighted by molar-refractivity contribution is 5.80. The van der Waals surface area contributed by atoms with Gasteiger partial charge in [-0.05, 0) is 5.56 Å². The minimum atomic E-state index is -6.20. The quantitative estimate of drug-likeness (QED) is 0.465. The van der Waals surface area contributed by atoms with E-state index in [9.17, 15) is 36.6 Å². The molecule has 0 bridgehead atoms. The first-order valence-electron chi connectivity index (χ1n) is 6.04. The first-order valence-corrected chi connectivity index (χ1v) is 6.04. The molecule has 1 rings (SSSR count). The lowest BCUT2D eigenvalue weighted by Crippen LogP contribution is -2.66. The van der Waals surface area contributed by atoms with Crippen LogP contribution in [0, 0.1) is 0 Å². The summed E-state index contributed by atoms with van der Waals surface area (Å²) in [5.41, 5.74) is -5.03. The molecule has 128 valence electrons. The van der Waals surface area contributed by atoms with Crippen molar-refractivity contribution in [3.8, 4) is 0 Å². The number of esters is 1. The Morgan fingerprint density at radius 1 is 1.22 bits per heavy atom. The zero-order valence-electron chi connectivity index (χ0n) is 11.6. The Balaban J connectivity index is 3.67. The lowest BCUT2D eigenvalue weighted by Gasteiger charge is -2.40. The molecule has 10 heteroatoms. The van der Waals surface area contributed by atoms with Crippen molar-refractivity contribution >= 4 is 12.4 Å². The van der Waals surface area contributed by atoms with Gasteiger partial charge in [0.2, 0.25) is 6.41 Å². The van der Waals surface area contributed by atoms with Crippen molar-refractivity contribution in [3.05, 3.63) is 35.9 Å². The van der Waals surface area contributed by atoms with Crippen LogP contribution in [0.5, 0.6) is 0 Å². The third-order valence-corrected chi connectivity index (χ3v) is 3.14. The highest BCUT2D eigenvalue weighted by atomic mass is 19.4. The molecule has 2 N–H and O–H groups in total. The SMILES string of the molecule is COC(=O)C(NC=O)C(O)(c1ccccc1)C(F)(F)C(F)(F)F. The fraction of sp³-hybridized carbons (Fsp3) is 0.385. The number of benzene rings is 1. The van der Waals surface area contributed by atoms with Crippen LogP contribution >= 0.6 is 0 Å². The summed E-state index contributed by atoms with van der Waals surface area (Å²) >= 11 is 0. The van der Waals surface area contributed by atoms with Crippen LogP contribution in [0.25, 0.3) is 0 Å². The molecular formula is C13H12F5NO4. The number of aliphatic hydroxyl groups is 1. The largest absolute Gasteiger partial charge is 0.467 e. The summed E-state index contributed by atoms with van der Waals surface area (Å²) in [6.07, 6.45) is -6.49. The normalized spacial score (nSPS) is 16.1. The van der Waals surface area contributed by atoms with Gasteiger partial charge < -0.3 is 15.2 Å². The molecule has 0 aliphatic heterocycles. The number of halogens is 5. The lowest BCUT2D eigenvalue weighted by atomic mass is 9.80. The van der Waals surface area contributed by atoms with Crippen LogP contribution in [0.3, 0.4) is 0 Å². The Hall–Kier alpha value is -2.23. The molecule has 1 aromatic carbocycles. The standard InChI is InChI=1S/C13H12F5NO4/c1-23-10(21)9(19-7-20)11(22,8-5-3-2-4-6-8)12(14,15)13(16,17)18/h2-7,9,22H,1H3,(H,19,20). The highest BCUT2D eigenvalue weighted by Gasteiger charge is 2.74. The number of alkyl halides is 5. The van der Waals surface area contributed by atoms with Crippen molar-refractivity contribution in [2.24, 2.45) is 0 Å². The maximum atomic E-state index is 14.0. The summed E-state index contributed by atoms with van der Waals surface area (Å²) in [5.74, 6) is -7.44. The first kappa shape index (κ1) is 18.8. The molecule has 0 aliphatic rings. The number of hydrogen-bond donors (Lipinski definition) is 2. The predicted octanol–water partition coefficient (Wildman–Crippen LogP) is 1.36. The number of ether oxygens (including phenoxy) is 1. The summed E-state index contributed by atoms with van der Waals surface area (Å²) in [7, 11) is 0.707. The van der Waals surface area contributed by atoms with Gasteiger partial charge in [0.25, 0.3) is 0 Å². The van der Waals surface area contributed by atoms with E-state index in [0.717, 1.165) is 24.3 Å². The number of nitrogens with one attached hydrogen (secondary N) is 1. The van der Waals surface area contributed by atoms with E-state index in [0.29, 0.717) is 7.11 Å². The van der Waals surface area contributed by atoms with Crippen molar-refractivity contribution in [3.63, 3.8) is 0 Å². The number of carbonyl (C=O) groups excluding carboxylic acids is 2. The van der Waals surface area contributed by atoms with Crippen molar-refractivity contribution in [1.29, 1.82) is 0 Å². The Bertz CT molecular complexity index is 563. The minimum Gasteiger partial charge on any atom is -0.467 e. The second-order valence-corrected chi connectivity index (χ2v) is 4.45. The van der Waals surface area contributed by atoms with Crippen molar-refractivity contribution < 1.29 is 41.4 Å². The lowest BCUT2D eigenvalue weighted by molar-refractivity contribution is -0.350. The zero-order valence-corrected chi connectivity index (χ0v) is 11.6. The Labute approximate surface area is 127 Å². The summed E-state index contributed by atoms with van der Waals surface area (Å²) in [5, 5.41) is 11.7. The molecule has 0 saturated carbocycles. The average molecular weight is 341 g/mol. The van der Waals surface area contributed by atoms with Gasteiger partial charge in [-0.2, -0.15) is 22.0 Å². The molecule has 23 heavy (non-hydrogen) atoms. The molecule has 1 amide bonds. The van der Waals surface area contributed by atoms with Gasteiger partial charge >= 0.3 is 18.1 Å². The summed E-state index contributed by atoms with van der Waals surface area (Å²) < 4.78 is 70.5. The van der Waals surface area contributed by atoms with E-state index in [1.54, 1.807) is 0 Å². The fourth-order valence-corrected chi connectivity index (χ4v) is 1.98. The van der Waals surface area contributed by atoms with Crippen molar-refractivity contribution in [2.45, 2.75) is 23.7 Å². The third-order valence-electron chi connectivity index (χ3n) is 3.14. The number of rotatable bonds is 6. The molecule has 0 fully saturated rings. The third kappa shape index (κ3) is 3.11. The second-order valence-electron chi connectivity index (χ2n) is 4.45. The van der Waals surface area contributed by atoms with Crippen LogP contribution < -0.4 is 5.32 Å². The average Bonchev–Trinajstić information content (AvgIpc) is 2.50. The molecule has 0 heterocycles. The van der Waals surface area contributed by atoms with Gasteiger partial charge in [0.15, 0.2) is 11.6 Å². The highest BCUT2D eigenvalue weighted by Crippen LogP contribution is 2.50. The van der Waals surface area contributed by atoms with Gasteiger partial charge in [-0.3, -0.25) is 4.79 Å². The number of methoxy groups -OCH3 is 1. The van der Waals surface area contributed by atoms with Gasteiger partial charge in [-0.1, -0.05) is 30.3 Å². The van der Waals surface area contributed by atoms with Crippen molar-refractivity contribution in [2.75, 3.05) is 7.11 Å². The van der Waals surface area contributed by atoms with Crippen LogP contribution in [-0.2, 0) is 19.9 Å². The van der Waals surface area contributed by atoms with Crippen LogP contribution in [-0.4, -0.2) is 42.7 Å². The molecule has 5 nitrogen and oxygen atoms in total. The maximum absolute atomic E-state index is 14.0. The molecule has 0 aromatic heterocycles. The van der Waals surface area contributed by atoms with Gasteiger partial charge in [0.05, 0.1) is 7.11 Å². The van der Waals surface area contributed by atoms with E-state index in [1.807, 2.05) is 0 Å². The smallest absolute Gasteiger partial charge is 0.456 e. The topological polar surface area (TPSA) is 75.6 Å². The zero-order chi connectivity index (χ0) is 17.9. The molecule has 0 saturated heterocycles. The molecule has 0 spiro atoms. The van der Waals surface area contributed by atoms with Gasteiger partial charge in [-0.25, -0.2) is 4.79 Å². The maximum Gasteiger partial charge on any atom is 0.456 e. The van der Waals surface area contributed by atoms with Gasteiger partial charge in [-0.15, -0.1) is 0 Å². The second kappa shape index (κ2) is 6.49. The summed E-state index contributed by atoms with van der Waals surface area (Å²) in [6.45, 7) is 0. The predicted molar refractivity (Wildman–Crippen MR) is 66.3 cm³/mol. The number of hydrogen-bond acceptors (Lipinski definition) is 4. The van der Waals surface area contributed by atoms with E-state index in [1.165, 1.54) is 11.4 Å².